The minimum absolute atomic E-state index is 0.0385. The normalized spacial score (nSPS) is 10.9. The van der Waals surface area contributed by atoms with Gasteiger partial charge in [-0.05, 0) is 31.6 Å². The van der Waals surface area contributed by atoms with Crippen LogP contribution in [0.1, 0.15) is 22.3 Å². The Balaban J connectivity index is 2.43. The Bertz CT molecular complexity index is 804. The van der Waals surface area contributed by atoms with E-state index in [2.05, 4.69) is 0 Å². The Morgan fingerprint density at radius 1 is 0.913 bits per heavy atom. The van der Waals surface area contributed by atoms with Gasteiger partial charge in [-0.15, -0.1) is 5.75 Å². The van der Waals surface area contributed by atoms with Crippen molar-refractivity contribution in [2.45, 2.75) is 13.8 Å². The van der Waals surface area contributed by atoms with Crippen molar-refractivity contribution in [3.63, 3.8) is 0 Å². The van der Waals surface area contributed by atoms with Crippen LogP contribution >= 0.6 is 0 Å². The average Bonchev–Trinajstić information content (AvgIpc) is 2.49. The van der Waals surface area contributed by atoms with Crippen molar-refractivity contribution in [3.8, 4) is 5.75 Å². The number of rotatable bonds is 4. The van der Waals surface area contributed by atoms with Gasteiger partial charge < -0.3 is 5.11 Å². The molecule has 7 nitrogen and oxygen atoms in total. The predicted molar refractivity (Wildman–Crippen MR) is 84.0 cm³/mol. The van der Waals surface area contributed by atoms with Crippen LogP contribution in [0.2, 0.25) is 0 Å². The smallest absolute Gasteiger partial charge is 0.283 e. The molecule has 2 aromatic rings. The number of aryl methyl sites for hydroxylation is 2. The van der Waals surface area contributed by atoms with Crippen LogP contribution in [0.3, 0.4) is 0 Å². The summed E-state index contributed by atoms with van der Waals surface area (Å²) < 4.78 is 0. The van der Waals surface area contributed by atoms with E-state index in [1.807, 2.05) is 0 Å². The largest absolute Gasteiger partial charge is 0.872 e. The van der Waals surface area contributed by atoms with E-state index >= 15 is 0 Å². The molecule has 0 N–H and O–H groups in total. The lowest BCUT2D eigenvalue weighted by Crippen LogP contribution is -1.97. The average molecular weight is 313 g/mol. The van der Waals surface area contributed by atoms with Crippen LogP contribution in [0.5, 0.6) is 5.75 Å². The molecule has 0 fully saturated rings. The van der Waals surface area contributed by atoms with Crippen LogP contribution in [-0.2, 0) is 0 Å². The fraction of sp³-hybridized carbons (Fsp3) is 0.125. The summed E-state index contributed by atoms with van der Waals surface area (Å²) in [7, 11) is 0. The lowest BCUT2D eigenvalue weighted by molar-refractivity contribution is -0.394. The monoisotopic (exact) mass is 313 g/mol. The number of nitro benzene ring substituents is 2. The molecule has 0 aliphatic heterocycles. The maximum Gasteiger partial charge on any atom is 0.283 e. The number of benzene rings is 2. The van der Waals surface area contributed by atoms with Gasteiger partial charge in [-0.2, -0.15) is 0 Å². The predicted octanol–water partition coefficient (Wildman–Crippen LogP) is 3.36. The van der Waals surface area contributed by atoms with Crippen molar-refractivity contribution in [2.24, 2.45) is 0 Å². The second-order valence-corrected chi connectivity index (χ2v) is 5.07. The second kappa shape index (κ2) is 6.27. The molecule has 7 heteroatoms. The minimum Gasteiger partial charge on any atom is -0.872 e. The zero-order chi connectivity index (χ0) is 17.1. The van der Waals surface area contributed by atoms with Crippen LogP contribution in [0, 0.1) is 34.1 Å². The number of non-ortho nitro benzene ring substituents is 1. The highest BCUT2D eigenvalue weighted by atomic mass is 16.6. The maximum atomic E-state index is 11.7. The fourth-order valence-electron chi connectivity index (χ4n) is 2.21. The molecule has 2 aromatic carbocycles. The molecule has 23 heavy (non-hydrogen) atoms. The van der Waals surface area contributed by atoms with Crippen molar-refractivity contribution in [3.05, 3.63) is 72.8 Å². The molecule has 0 aromatic heterocycles. The summed E-state index contributed by atoms with van der Waals surface area (Å²) in [6, 6.07) is 6.83. The topological polar surface area (TPSA) is 109 Å². The Hall–Kier alpha value is -3.22. The number of hydrogen-bond acceptors (Lipinski definition) is 5. The summed E-state index contributed by atoms with van der Waals surface area (Å²) in [5, 5.41) is 33.4. The molecule has 0 spiro atoms. The van der Waals surface area contributed by atoms with Gasteiger partial charge in [0.15, 0.2) is 0 Å². The fourth-order valence-corrected chi connectivity index (χ4v) is 2.21. The van der Waals surface area contributed by atoms with Gasteiger partial charge in [0, 0.05) is 6.07 Å². The molecular weight excluding hydrogens is 300 g/mol. The molecule has 2 rings (SSSR count). The summed E-state index contributed by atoms with van der Waals surface area (Å²) in [6.07, 6.45) is 3.13. The van der Waals surface area contributed by atoms with Gasteiger partial charge in [0.1, 0.15) is 0 Å². The summed E-state index contributed by atoms with van der Waals surface area (Å²) >= 11 is 0. The second-order valence-electron chi connectivity index (χ2n) is 5.07. The highest BCUT2D eigenvalue weighted by Gasteiger charge is 2.17. The molecule has 0 atom stereocenters. The van der Waals surface area contributed by atoms with Crippen molar-refractivity contribution in [1.82, 2.24) is 0 Å². The van der Waals surface area contributed by atoms with Crippen molar-refractivity contribution in [1.29, 1.82) is 0 Å². The number of nitrogens with zero attached hydrogens (tertiary/aromatic N) is 2. The van der Waals surface area contributed by atoms with Crippen LogP contribution < -0.4 is 5.11 Å². The van der Waals surface area contributed by atoms with Gasteiger partial charge in [-0.3, -0.25) is 20.2 Å². The maximum absolute atomic E-state index is 11.7. The third-order valence-corrected chi connectivity index (χ3v) is 3.36. The van der Waals surface area contributed by atoms with E-state index in [9.17, 15) is 25.3 Å². The van der Waals surface area contributed by atoms with E-state index in [1.54, 1.807) is 32.1 Å². The Kier molecular flexibility index (Phi) is 4.40. The van der Waals surface area contributed by atoms with E-state index in [-0.39, 0.29) is 22.7 Å². The van der Waals surface area contributed by atoms with Gasteiger partial charge >= 0.3 is 0 Å². The molecule has 0 saturated carbocycles. The molecule has 0 saturated heterocycles. The van der Waals surface area contributed by atoms with E-state index in [4.69, 9.17) is 0 Å². The summed E-state index contributed by atoms with van der Waals surface area (Å²) in [5.74, 6) is -0.0385. The highest BCUT2D eigenvalue weighted by molar-refractivity contribution is 5.75. The van der Waals surface area contributed by atoms with E-state index in [0.717, 1.165) is 11.6 Å². The minimum atomic E-state index is -0.680. The van der Waals surface area contributed by atoms with E-state index in [0.29, 0.717) is 11.1 Å². The van der Waals surface area contributed by atoms with Crippen LogP contribution in [0.25, 0.3) is 12.2 Å². The number of hydrogen-bond donors (Lipinski definition) is 0. The molecule has 0 bridgehead atoms. The van der Waals surface area contributed by atoms with Crippen molar-refractivity contribution < 1.29 is 15.0 Å². The molecule has 0 heterocycles. The summed E-state index contributed by atoms with van der Waals surface area (Å²) in [4.78, 5) is 20.4. The highest BCUT2D eigenvalue weighted by Crippen LogP contribution is 2.27. The van der Waals surface area contributed by atoms with Crippen molar-refractivity contribution >= 4 is 23.5 Å². The first-order valence-corrected chi connectivity index (χ1v) is 6.69. The Morgan fingerprint density at radius 3 is 2.04 bits per heavy atom. The van der Waals surface area contributed by atoms with Gasteiger partial charge in [-0.25, -0.2) is 0 Å². The van der Waals surface area contributed by atoms with Crippen LogP contribution in [-0.4, -0.2) is 9.85 Å². The van der Waals surface area contributed by atoms with Gasteiger partial charge in [-0.1, -0.05) is 29.3 Å². The van der Waals surface area contributed by atoms with Crippen LogP contribution in [0.4, 0.5) is 11.4 Å². The summed E-state index contributed by atoms with van der Waals surface area (Å²) in [5.41, 5.74) is 1.47. The third-order valence-electron chi connectivity index (χ3n) is 3.36. The molecule has 0 unspecified atom stereocenters. The molecular formula is C16H13N2O5-. The molecule has 118 valence electrons. The lowest BCUT2D eigenvalue weighted by atomic mass is 10.0. The summed E-state index contributed by atoms with van der Waals surface area (Å²) in [6.45, 7) is 3.39. The third kappa shape index (κ3) is 3.52. The zero-order valence-corrected chi connectivity index (χ0v) is 12.5. The van der Waals surface area contributed by atoms with E-state index < -0.39 is 9.85 Å². The lowest BCUT2D eigenvalue weighted by Gasteiger charge is -2.14. The van der Waals surface area contributed by atoms with Gasteiger partial charge in [0.05, 0.1) is 21.5 Å². The standard InChI is InChI=1S/C16H14N2O5/c1-10-7-12(8-11(2)16(10)19)3-4-13-5-6-14(17(20)21)9-15(13)18(22)23/h3-9,19H,1-2H3/p-1/b4-3+. The van der Waals surface area contributed by atoms with Gasteiger partial charge in [0.25, 0.3) is 11.4 Å². The Morgan fingerprint density at radius 2 is 1.52 bits per heavy atom. The quantitative estimate of drug-likeness (QED) is 0.488. The first-order valence-electron chi connectivity index (χ1n) is 6.69. The molecule has 0 amide bonds. The van der Waals surface area contributed by atoms with E-state index in [1.165, 1.54) is 18.2 Å². The van der Waals surface area contributed by atoms with Crippen molar-refractivity contribution in [2.75, 3.05) is 0 Å². The molecule has 0 aliphatic rings. The zero-order valence-electron chi connectivity index (χ0n) is 12.5. The van der Waals surface area contributed by atoms with Gasteiger partial charge in [0.2, 0.25) is 0 Å². The first-order chi connectivity index (χ1) is 10.8. The SMILES string of the molecule is Cc1cc(/C=C/c2ccc([N+](=O)[O-])cc2[N+](=O)[O-])cc(C)c1[O-]. The molecule has 0 radical (unpaired) electrons. The Labute approximate surface area is 131 Å². The molecule has 0 aliphatic carbocycles. The first kappa shape index (κ1) is 16.2. The van der Waals surface area contributed by atoms with Crippen LogP contribution in [0.15, 0.2) is 30.3 Å². The number of nitro groups is 2.